The van der Waals surface area contributed by atoms with Gasteiger partial charge in [-0.2, -0.15) is 0 Å². The lowest BCUT2D eigenvalue weighted by Gasteiger charge is -2.11. The fourth-order valence-electron chi connectivity index (χ4n) is 3.23. The molecular weight excluding hydrogens is 416 g/mol. The molecule has 3 rings (SSSR count). The zero-order valence-corrected chi connectivity index (χ0v) is 19.7. The number of hydrogen-bond acceptors (Lipinski definition) is 3. The van der Waals surface area contributed by atoms with Crippen LogP contribution in [0.1, 0.15) is 58.1 Å². The molecule has 0 bridgehead atoms. The second-order valence-corrected chi connectivity index (χ2v) is 9.13. The summed E-state index contributed by atoms with van der Waals surface area (Å²) in [5.74, 6) is -0.0609. The van der Waals surface area contributed by atoms with Gasteiger partial charge < -0.3 is 10.6 Å². The van der Waals surface area contributed by atoms with Gasteiger partial charge in [-0.15, -0.1) is 11.3 Å². The Morgan fingerprint density at radius 1 is 1.00 bits per heavy atom. The maximum absolute atomic E-state index is 12.8. The summed E-state index contributed by atoms with van der Waals surface area (Å²) >= 11 is 1.51. The van der Waals surface area contributed by atoms with Crippen LogP contribution in [0.3, 0.4) is 0 Å². The second-order valence-electron chi connectivity index (χ2n) is 8.15. The van der Waals surface area contributed by atoms with Crippen molar-refractivity contribution in [1.29, 1.82) is 0 Å². The molecule has 32 heavy (non-hydrogen) atoms. The first-order valence-corrected chi connectivity index (χ1v) is 11.8. The van der Waals surface area contributed by atoms with Crippen molar-refractivity contribution in [3.63, 3.8) is 0 Å². The van der Waals surface area contributed by atoms with E-state index in [1.165, 1.54) is 22.5 Å². The molecule has 5 heteroatoms. The van der Waals surface area contributed by atoms with Crippen LogP contribution in [0.2, 0.25) is 0 Å². The van der Waals surface area contributed by atoms with Gasteiger partial charge in [-0.25, -0.2) is 0 Å². The van der Waals surface area contributed by atoms with Crippen LogP contribution in [-0.2, 0) is 11.2 Å². The lowest BCUT2D eigenvalue weighted by Crippen LogP contribution is -2.35. The number of nitrogens with one attached hydrogen (secondary N) is 2. The van der Waals surface area contributed by atoms with Gasteiger partial charge in [0, 0.05) is 17.0 Å². The molecule has 166 valence electrons. The van der Waals surface area contributed by atoms with Crippen molar-refractivity contribution in [2.75, 3.05) is 6.54 Å². The molecule has 2 N–H and O–H groups in total. The third-order valence-electron chi connectivity index (χ3n) is 5.21. The third-order valence-corrected chi connectivity index (χ3v) is 6.03. The lowest BCUT2D eigenvalue weighted by molar-refractivity contribution is -0.117. The molecule has 0 unspecified atom stereocenters. The predicted octanol–water partition coefficient (Wildman–Crippen LogP) is 5.70. The summed E-state index contributed by atoms with van der Waals surface area (Å²) in [6.07, 6.45) is 3.43. The number of benzene rings is 2. The molecule has 0 aliphatic rings. The molecule has 1 aromatic heterocycles. The Bertz CT molecular complexity index is 1050. The van der Waals surface area contributed by atoms with E-state index in [1.54, 1.807) is 18.2 Å². The van der Waals surface area contributed by atoms with Gasteiger partial charge in [0.15, 0.2) is 0 Å². The van der Waals surface area contributed by atoms with Crippen molar-refractivity contribution in [3.05, 3.63) is 98.9 Å². The average molecular weight is 447 g/mol. The molecular formula is C27H30N2O2S. The summed E-state index contributed by atoms with van der Waals surface area (Å²) in [7, 11) is 0. The lowest BCUT2D eigenvalue weighted by atomic mass is 10.0. The maximum atomic E-state index is 12.8. The number of rotatable bonds is 9. The first-order valence-electron chi connectivity index (χ1n) is 10.9. The minimum atomic E-state index is -0.298. The van der Waals surface area contributed by atoms with E-state index in [9.17, 15) is 9.59 Å². The Morgan fingerprint density at radius 2 is 1.72 bits per heavy atom. The molecule has 0 spiro atoms. The minimum Gasteiger partial charge on any atom is -0.351 e. The molecule has 0 atom stereocenters. The van der Waals surface area contributed by atoms with Crippen LogP contribution in [0.5, 0.6) is 0 Å². The molecule has 3 aromatic rings. The molecule has 2 amide bonds. The number of amides is 2. The second kappa shape index (κ2) is 11.4. The molecule has 1 heterocycles. The Kier molecular flexibility index (Phi) is 8.40. The first-order chi connectivity index (χ1) is 15.4. The Morgan fingerprint density at radius 3 is 2.34 bits per heavy atom. The highest BCUT2D eigenvalue weighted by Gasteiger charge is 2.14. The number of carbonyl (C=O) groups excluding carboxylic acids is 2. The van der Waals surface area contributed by atoms with Gasteiger partial charge in [0.05, 0.1) is 0 Å². The van der Waals surface area contributed by atoms with Crippen LogP contribution in [0.15, 0.2) is 71.7 Å². The monoisotopic (exact) mass is 446 g/mol. The van der Waals surface area contributed by atoms with Gasteiger partial charge in [-0.05, 0) is 66.5 Å². The largest absolute Gasteiger partial charge is 0.351 e. The molecule has 0 aliphatic heterocycles. The van der Waals surface area contributed by atoms with E-state index < -0.39 is 0 Å². The van der Waals surface area contributed by atoms with Gasteiger partial charge in [-0.3, -0.25) is 9.59 Å². The summed E-state index contributed by atoms with van der Waals surface area (Å²) in [6, 6.07) is 19.8. The summed E-state index contributed by atoms with van der Waals surface area (Å²) in [5.41, 5.74) is 4.43. The quantitative estimate of drug-likeness (QED) is 0.327. The number of aryl methyl sites for hydroxylation is 2. The summed E-state index contributed by atoms with van der Waals surface area (Å²) in [5, 5.41) is 7.66. The van der Waals surface area contributed by atoms with Crippen LogP contribution in [0.25, 0.3) is 6.08 Å². The highest BCUT2D eigenvalue weighted by molar-refractivity contribution is 7.10. The smallest absolute Gasteiger partial charge is 0.267 e. The van der Waals surface area contributed by atoms with Gasteiger partial charge in [0.25, 0.3) is 11.8 Å². The fraction of sp³-hybridized carbons (Fsp3) is 0.259. The molecule has 4 nitrogen and oxygen atoms in total. The van der Waals surface area contributed by atoms with Crippen molar-refractivity contribution in [1.82, 2.24) is 10.6 Å². The summed E-state index contributed by atoms with van der Waals surface area (Å²) < 4.78 is 0. The van der Waals surface area contributed by atoms with Gasteiger partial charge in [-0.1, -0.05) is 61.9 Å². The molecule has 0 aliphatic carbocycles. The fourth-order valence-corrected chi connectivity index (χ4v) is 3.89. The van der Waals surface area contributed by atoms with Crippen LogP contribution in [0.4, 0.5) is 0 Å². The number of hydrogen-bond donors (Lipinski definition) is 2. The van der Waals surface area contributed by atoms with Crippen molar-refractivity contribution < 1.29 is 9.59 Å². The molecule has 0 saturated carbocycles. The third kappa shape index (κ3) is 6.92. The zero-order valence-electron chi connectivity index (χ0n) is 18.9. The normalized spacial score (nSPS) is 11.4. The Balaban J connectivity index is 1.58. The molecule has 0 saturated heterocycles. The highest BCUT2D eigenvalue weighted by atomic mass is 32.1. The Hall–Kier alpha value is -3.18. The highest BCUT2D eigenvalue weighted by Crippen LogP contribution is 2.16. The van der Waals surface area contributed by atoms with Crippen LogP contribution in [0, 0.1) is 6.92 Å². The molecule has 0 fully saturated rings. The summed E-state index contributed by atoms with van der Waals surface area (Å²) in [6.45, 7) is 6.87. The van der Waals surface area contributed by atoms with E-state index in [-0.39, 0.29) is 17.5 Å². The van der Waals surface area contributed by atoms with E-state index in [2.05, 4.69) is 48.7 Å². The van der Waals surface area contributed by atoms with Crippen molar-refractivity contribution >= 4 is 29.2 Å². The summed E-state index contributed by atoms with van der Waals surface area (Å²) in [4.78, 5) is 26.4. The Labute approximate surface area is 194 Å². The topological polar surface area (TPSA) is 58.2 Å². The van der Waals surface area contributed by atoms with E-state index >= 15 is 0 Å². The number of thiophene rings is 1. The first kappa shape index (κ1) is 23.5. The van der Waals surface area contributed by atoms with Crippen molar-refractivity contribution in [2.24, 2.45) is 0 Å². The SMILES string of the molecule is Cc1ccc(C(=O)N/C(=C\c2cccs2)C(=O)NCCCc2ccc(C(C)C)cc2)cc1. The molecule has 2 aromatic carbocycles. The van der Waals surface area contributed by atoms with E-state index in [0.717, 1.165) is 23.3 Å². The minimum absolute atomic E-state index is 0.249. The van der Waals surface area contributed by atoms with E-state index in [0.29, 0.717) is 18.0 Å². The van der Waals surface area contributed by atoms with Crippen molar-refractivity contribution in [3.8, 4) is 0 Å². The standard InChI is InChI=1S/C27H30N2O2S/c1-19(2)22-14-10-21(11-15-22)6-4-16-28-27(31)25(18-24-7-5-17-32-24)29-26(30)23-12-8-20(3)9-13-23/h5,7-15,17-19H,4,6,16H2,1-3H3,(H,28,31)(H,29,30)/b25-18-. The zero-order chi connectivity index (χ0) is 22.9. The maximum Gasteiger partial charge on any atom is 0.267 e. The van der Waals surface area contributed by atoms with Crippen LogP contribution >= 0.6 is 11.3 Å². The van der Waals surface area contributed by atoms with Gasteiger partial charge in [0.1, 0.15) is 5.70 Å². The van der Waals surface area contributed by atoms with E-state index in [1.807, 2.05) is 36.6 Å². The molecule has 0 radical (unpaired) electrons. The van der Waals surface area contributed by atoms with Crippen molar-refractivity contribution in [2.45, 2.75) is 39.5 Å². The predicted molar refractivity (Wildman–Crippen MR) is 133 cm³/mol. The van der Waals surface area contributed by atoms with Crippen LogP contribution in [-0.4, -0.2) is 18.4 Å². The van der Waals surface area contributed by atoms with Gasteiger partial charge in [0.2, 0.25) is 0 Å². The van der Waals surface area contributed by atoms with Gasteiger partial charge >= 0.3 is 0 Å². The van der Waals surface area contributed by atoms with Crippen LogP contribution < -0.4 is 10.6 Å². The van der Waals surface area contributed by atoms with E-state index in [4.69, 9.17) is 0 Å². The number of carbonyl (C=O) groups is 2. The average Bonchev–Trinajstić information content (AvgIpc) is 3.30.